The molecule has 28 heavy (non-hydrogen) atoms. The zero-order valence-electron chi connectivity index (χ0n) is 18.9. The van der Waals surface area contributed by atoms with Gasteiger partial charge in [0.2, 0.25) is 0 Å². The van der Waals surface area contributed by atoms with E-state index in [-0.39, 0.29) is 0 Å². The average molecular weight is 392 g/mol. The van der Waals surface area contributed by atoms with Crippen LogP contribution in [0.4, 0.5) is 0 Å². The van der Waals surface area contributed by atoms with Crippen LogP contribution in [0.1, 0.15) is 105 Å². The molecule has 3 heteroatoms. The Morgan fingerprint density at radius 3 is 2.36 bits per heavy atom. The molecule has 0 amide bonds. The van der Waals surface area contributed by atoms with Crippen molar-refractivity contribution in [1.29, 1.82) is 0 Å². The topological polar surface area (TPSA) is 63.3 Å². The number of rotatable bonds is 4. The van der Waals surface area contributed by atoms with Gasteiger partial charge in [-0.25, -0.2) is 0 Å². The number of carboxylic acids is 1. The average Bonchev–Trinajstić information content (AvgIpc) is 3.00. The quantitative estimate of drug-likeness (QED) is 0.595. The van der Waals surface area contributed by atoms with E-state index < -0.39 is 5.97 Å². The fourth-order valence-corrected chi connectivity index (χ4v) is 8.37. The second kappa shape index (κ2) is 8.66. The predicted molar refractivity (Wildman–Crippen MR) is 116 cm³/mol. The van der Waals surface area contributed by atoms with Crippen LogP contribution in [-0.2, 0) is 4.79 Å². The molecule has 0 spiro atoms. The van der Waals surface area contributed by atoms with Gasteiger partial charge in [0.15, 0.2) is 0 Å². The van der Waals surface area contributed by atoms with Crippen molar-refractivity contribution >= 4 is 5.97 Å². The third-order valence-electron chi connectivity index (χ3n) is 9.85. The number of nitrogens with two attached hydrogens (primary N) is 1. The molecule has 162 valence electrons. The van der Waals surface area contributed by atoms with Gasteiger partial charge in [-0.15, -0.1) is 0 Å². The van der Waals surface area contributed by atoms with Gasteiger partial charge in [0, 0.05) is 12.5 Å². The molecular weight excluding hydrogens is 346 g/mol. The van der Waals surface area contributed by atoms with E-state index >= 15 is 0 Å². The number of hydrogen-bond acceptors (Lipinski definition) is 2. The van der Waals surface area contributed by atoms with Crippen molar-refractivity contribution in [3.8, 4) is 0 Å². The van der Waals surface area contributed by atoms with Crippen LogP contribution in [0.5, 0.6) is 0 Å². The SMILES string of the molecule is CC.CC12CCC3C(CCC4CC(N)CCC43C)C1CCC2CCCC(=O)O. The van der Waals surface area contributed by atoms with Crippen molar-refractivity contribution in [2.75, 3.05) is 0 Å². The first-order chi connectivity index (χ1) is 13.3. The lowest BCUT2D eigenvalue weighted by Crippen LogP contribution is -2.54. The zero-order chi connectivity index (χ0) is 20.5. The smallest absolute Gasteiger partial charge is 0.303 e. The van der Waals surface area contributed by atoms with E-state index in [2.05, 4.69) is 13.8 Å². The Morgan fingerprint density at radius 1 is 0.964 bits per heavy atom. The van der Waals surface area contributed by atoms with Crippen molar-refractivity contribution in [3.63, 3.8) is 0 Å². The lowest BCUT2D eigenvalue weighted by atomic mass is 9.44. The van der Waals surface area contributed by atoms with Crippen LogP contribution in [0.2, 0.25) is 0 Å². The monoisotopic (exact) mass is 391 g/mol. The van der Waals surface area contributed by atoms with Crippen molar-refractivity contribution < 1.29 is 9.90 Å². The molecule has 0 bridgehead atoms. The summed E-state index contributed by atoms with van der Waals surface area (Å²) >= 11 is 0. The summed E-state index contributed by atoms with van der Waals surface area (Å²) in [7, 11) is 0. The van der Waals surface area contributed by atoms with E-state index in [1.807, 2.05) is 13.8 Å². The van der Waals surface area contributed by atoms with E-state index in [4.69, 9.17) is 10.8 Å². The highest BCUT2D eigenvalue weighted by atomic mass is 16.4. The molecule has 0 radical (unpaired) electrons. The summed E-state index contributed by atoms with van der Waals surface area (Å²) in [5, 5.41) is 8.99. The molecule has 0 aromatic carbocycles. The van der Waals surface area contributed by atoms with Crippen molar-refractivity contribution in [2.45, 2.75) is 111 Å². The van der Waals surface area contributed by atoms with Crippen LogP contribution >= 0.6 is 0 Å². The summed E-state index contributed by atoms with van der Waals surface area (Å²) in [6.07, 6.45) is 14.6. The minimum absolute atomic E-state index is 0.351. The fraction of sp³-hybridized carbons (Fsp3) is 0.960. The third-order valence-corrected chi connectivity index (χ3v) is 9.85. The Kier molecular flexibility index (Phi) is 6.84. The standard InChI is InChI=1S/C23H39NO2.C2H6/c1-22-13-11-20-18(8-6-16-14-17(24)10-12-23(16,20)2)19(22)9-7-15(22)4-3-5-21(25)26;1-2/h15-20H,3-14,24H2,1-2H3,(H,25,26);1-2H3. The second-order valence-corrected chi connectivity index (χ2v) is 10.8. The van der Waals surface area contributed by atoms with Gasteiger partial charge in [0.1, 0.15) is 0 Å². The summed E-state index contributed by atoms with van der Waals surface area (Å²) in [6.45, 7) is 9.18. The molecule has 0 saturated heterocycles. The van der Waals surface area contributed by atoms with Crippen LogP contribution in [0, 0.1) is 40.4 Å². The predicted octanol–water partition coefficient (Wildman–Crippen LogP) is 6.25. The summed E-state index contributed by atoms with van der Waals surface area (Å²) in [4.78, 5) is 10.9. The van der Waals surface area contributed by atoms with Crippen LogP contribution < -0.4 is 5.73 Å². The number of hydrogen-bond donors (Lipinski definition) is 2. The maximum Gasteiger partial charge on any atom is 0.303 e. The summed E-state index contributed by atoms with van der Waals surface area (Å²) in [5.41, 5.74) is 7.34. The first kappa shape index (κ1) is 22.1. The van der Waals surface area contributed by atoms with Crippen molar-refractivity contribution in [2.24, 2.45) is 46.2 Å². The number of fused-ring (bicyclic) bond motifs is 5. The number of carbonyl (C=O) groups is 1. The Bertz CT molecular complexity index is 549. The number of carboxylic acid groups (broad SMARTS) is 1. The van der Waals surface area contributed by atoms with Gasteiger partial charge >= 0.3 is 5.97 Å². The molecule has 4 aliphatic rings. The van der Waals surface area contributed by atoms with Gasteiger partial charge in [-0.05, 0) is 111 Å². The fourth-order valence-electron chi connectivity index (χ4n) is 8.37. The van der Waals surface area contributed by atoms with Gasteiger partial charge < -0.3 is 10.8 Å². The van der Waals surface area contributed by atoms with Gasteiger partial charge in [-0.3, -0.25) is 4.79 Å². The molecule has 8 unspecified atom stereocenters. The van der Waals surface area contributed by atoms with Gasteiger partial charge in [-0.2, -0.15) is 0 Å². The van der Waals surface area contributed by atoms with E-state index in [0.29, 0.717) is 23.3 Å². The molecule has 8 atom stereocenters. The molecule has 0 aromatic heterocycles. The largest absolute Gasteiger partial charge is 0.481 e. The first-order valence-corrected chi connectivity index (χ1v) is 12.3. The van der Waals surface area contributed by atoms with Crippen LogP contribution in [0.15, 0.2) is 0 Å². The number of aliphatic carboxylic acids is 1. The molecule has 4 fully saturated rings. The van der Waals surface area contributed by atoms with Gasteiger partial charge in [-0.1, -0.05) is 27.7 Å². The summed E-state index contributed by atoms with van der Waals surface area (Å²) in [6, 6.07) is 0.448. The molecule has 4 rings (SSSR count). The van der Waals surface area contributed by atoms with E-state index in [0.717, 1.165) is 42.4 Å². The lowest BCUT2D eigenvalue weighted by Gasteiger charge is -2.61. The zero-order valence-corrected chi connectivity index (χ0v) is 18.9. The molecule has 4 aliphatic carbocycles. The van der Waals surface area contributed by atoms with Crippen molar-refractivity contribution in [1.82, 2.24) is 0 Å². The molecule has 3 nitrogen and oxygen atoms in total. The minimum atomic E-state index is -0.629. The molecule has 4 saturated carbocycles. The maximum absolute atomic E-state index is 10.9. The highest BCUT2D eigenvalue weighted by Crippen LogP contribution is 2.67. The third kappa shape index (κ3) is 3.77. The Morgan fingerprint density at radius 2 is 1.64 bits per heavy atom. The summed E-state index contributed by atoms with van der Waals surface area (Å²) in [5.74, 6) is 3.74. The molecule has 0 aromatic rings. The Hall–Kier alpha value is -0.570. The lowest BCUT2D eigenvalue weighted by molar-refractivity contribution is -0.137. The van der Waals surface area contributed by atoms with Crippen LogP contribution in [-0.4, -0.2) is 17.1 Å². The molecular formula is C25H45NO2. The summed E-state index contributed by atoms with van der Waals surface area (Å²) < 4.78 is 0. The Balaban J connectivity index is 0.00000109. The van der Waals surface area contributed by atoms with E-state index in [1.165, 1.54) is 57.8 Å². The highest BCUT2D eigenvalue weighted by Gasteiger charge is 2.59. The van der Waals surface area contributed by atoms with E-state index in [1.54, 1.807) is 0 Å². The van der Waals surface area contributed by atoms with Crippen molar-refractivity contribution in [3.05, 3.63) is 0 Å². The molecule has 0 aliphatic heterocycles. The Labute approximate surface area is 173 Å². The second-order valence-electron chi connectivity index (χ2n) is 10.8. The van der Waals surface area contributed by atoms with Gasteiger partial charge in [0.25, 0.3) is 0 Å². The maximum atomic E-state index is 10.9. The normalized spacial score (nSPS) is 47.2. The molecule has 0 heterocycles. The van der Waals surface area contributed by atoms with E-state index in [9.17, 15) is 4.79 Å². The highest BCUT2D eigenvalue weighted by molar-refractivity contribution is 5.66. The van der Waals surface area contributed by atoms with Crippen LogP contribution in [0.3, 0.4) is 0 Å². The molecule has 3 N–H and O–H groups in total. The van der Waals surface area contributed by atoms with Gasteiger partial charge in [0.05, 0.1) is 0 Å². The van der Waals surface area contributed by atoms with Crippen LogP contribution in [0.25, 0.3) is 0 Å². The first-order valence-electron chi connectivity index (χ1n) is 12.3. The minimum Gasteiger partial charge on any atom is -0.481 e.